The molecule has 0 spiro atoms. The van der Waals surface area contributed by atoms with Crippen LogP contribution in [0.25, 0.3) is 0 Å². The second-order valence-corrected chi connectivity index (χ2v) is 6.31. The zero-order chi connectivity index (χ0) is 17.5. The minimum atomic E-state index is -0.700. The molecule has 0 aromatic carbocycles. The molecule has 4 N–H and O–H groups in total. The third-order valence-electron chi connectivity index (χ3n) is 4.49. The number of aromatic nitrogens is 1. The van der Waals surface area contributed by atoms with Gasteiger partial charge in [0.15, 0.2) is 0 Å². The fraction of sp³-hybridized carbons (Fsp3) is 0.588. The van der Waals surface area contributed by atoms with E-state index in [4.69, 9.17) is 5.73 Å². The predicted molar refractivity (Wildman–Crippen MR) is 94.9 cm³/mol. The van der Waals surface area contributed by atoms with Gasteiger partial charge in [-0.05, 0) is 37.3 Å². The largest absolute Gasteiger partial charge is 0.357 e. The smallest absolute Gasteiger partial charge is 0.312 e. The van der Waals surface area contributed by atoms with Crippen molar-refractivity contribution < 1.29 is 9.59 Å². The highest BCUT2D eigenvalue weighted by Crippen LogP contribution is 2.19. The fourth-order valence-corrected chi connectivity index (χ4v) is 2.85. The molecule has 1 aliphatic rings. The number of nitrogens with zero attached hydrogens (tertiary/aromatic N) is 2. The summed E-state index contributed by atoms with van der Waals surface area (Å²) in [4.78, 5) is 30.2. The maximum absolute atomic E-state index is 12.4. The van der Waals surface area contributed by atoms with Crippen LogP contribution >= 0.6 is 0 Å². The van der Waals surface area contributed by atoms with Crippen LogP contribution in [0.2, 0.25) is 0 Å². The Morgan fingerprint density at radius 1 is 1.29 bits per heavy atom. The Balaban J connectivity index is 2.00. The van der Waals surface area contributed by atoms with Gasteiger partial charge in [0.1, 0.15) is 11.9 Å². The number of pyridine rings is 1. The van der Waals surface area contributed by atoms with Crippen molar-refractivity contribution in [2.45, 2.75) is 45.6 Å². The maximum atomic E-state index is 12.4. The first-order valence-corrected chi connectivity index (χ1v) is 8.59. The summed E-state index contributed by atoms with van der Waals surface area (Å²) in [5.74, 6) is 0.634. The van der Waals surface area contributed by atoms with Gasteiger partial charge in [-0.3, -0.25) is 4.79 Å². The van der Waals surface area contributed by atoms with Gasteiger partial charge in [-0.1, -0.05) is 20.3 Å². The quantitative estimate of drug-likeness (QED) is 0.742. The van der Waals surface area contributed by atoms with Crippen molar-refractivity contribution in [3.05, 3.63) is 18.3 Å². The molecule has 2 heterocycles. The topological polar surface area (TPSA) is 100 Å². The minimum Gasteiger partial charge on any atom is -0.357 e. The van der Waals surface area contributed by atoms with Gasteiger partial charge in [0, 0.05) is 13.1 Å². The molecule has 1 aliphatic heterocycles. The number of urea groups is 1. The van der Waals surface area contributed by atoms with Crippen molar-refractivity contribution in [2.75, 3.05) is 23.3 Å². The molecule has 0 radical (unpaired) electrons. The summed E-state index contributed by atoms with van der Waals surface area (Å²) in [6, 6.07) is 2.40. The second-order valence-electron chi connectivity index (χ2n) is 6.31. The van der Waals surface area contributed by atoms with Gasteiger partial charge in [0.25, 0.3) is 0 Å². The Morgan fingerprint density at radius 2 is 2.00 bits per heavy atom. The molecule has 0 aliphatic carbocycles. The SMILES string of the molecule is CC[C@@H](C)[C@@H](NC(N)=O)C(=O)Nc1ccc(N2CCCCC2)nc1. The Labute approximate surface area is 143 Å². The lowest BCUT2D eigenvalue weighted by Crippen LogP contribution is -2.49. The highest BCUT2D eigenvalue weighted by molar-refractivity contribution is 5.97. The number of rotatable bonds is 6. The van der Waals surface area contributed by atoms with Crippen molar-refractivity contribution in [1.82, 2.24) is 10.3 Å². The molecule has 1 aromatic heterocycles. The van der Waals surface area contributed by atoms with Crippen LogP contribution in [0.4, 0.5) is 16.3 Å². The van der Waals surface area contributed by atoms with E-state index in [9.17, 15) is 9.59 Å². The van der Waals surface area contributed by atoms with Gasteiger partial charge in [-0.25, -0.2) is 9.78 Å². The molecule has 0 unspecified atom stereocenters. The fourth-order valence-electron chi connectivity index (χ4n) is 2.85. The molecule has 132 valence electrons. The lowest BCUT2D eigenvalue weighted by atomic mass is 9.98. The average molecular weight is 333 g/mol. The van der Waals surface area contributed by atoms with Crippen LogP contribution in [0, 0.1) is 5.92 Å². The molecule has 2 atom stereocenters. The Kier molecular flexibility index (Phi) is 6.40. The summed E-state index contributed by atoms with van der Waals surface area (Å²) < 4.78 is 0. The molecule has 7 heteroatoms. The van der Waals surface area contributed by atoms with Gasteiger partial charge in [-0.2, -0.15) is 0 Å². The van der Waals surface area contributed by atoms with Crippen LogP contribution in [-0.4, -0.2) is 36.1 Å². The molecule has 3 amide bonds. The first-order valence-electron chi connectivity index (χ1n) is 8.59. The Bertz CT molecular complexity index is 555. The number of nitrogens with two attached hydrogens (primary N) is 1. The van der Waals surface area contributed by atoms with Crippen LogP contribution in [0.5, 0.6) is 0 Å². The monoisotopic (exact) mass is 333 g/mol. The normalized spacial score (nSPS) is 17.0. The van der Waals surface area contributed by atoms with Gasteiger partial charge in [0.05, 0.1) is 11.9 Å². The molecule has 7 nitrogen and oxygen atoms in total. The minimum absolute atomic E-state index is 0.0157. The molecule has 24 heavy (non-hydrogen) atoms. The number of amides is 3. The van der Waals surface area contributed by atoms with Crippen LogP contribution in [0.1, 0.15) is 39.5 Å². The summed E-state index contributed by atoms with van der Waals surface area (Å²) in [5, 5.41) is 5.31. The van der Waals surface area contributed by atoms with Crippen LogP contribution in [0.3, 0.4) is 0 Å². The summed E-state index contributed by atoms with van der Waals surface area (Å²) in [5.41, 5.74) is 5.78. The molecule has 2 rings (SSSR count). The van der Waals surface area contributed by atoms with Crippen molar-refractivity contribution in [3.63, 3.8) is 0 Å². The first-order chi connectivity index (χ1) is 11.5. The Morgan fingerprint density at radius 3 is 2.54 bits per heavy atom. The van der Waals surface area contributed by atoms with Crippen molar-refractivity contribution in [1.29, 1.82) is 0 Å². The number of anilines is 2. The molecule has 1 aromatic rings. The van der Waals surface area contributed by atoms with Crippen molar-refractivity contribution in [2.24, 2.45) is 11.7 Å². The molecule has 0 saturated carbocycles. The summed E-state index contributed by atoms with van der Waals surface area (Å²) in [6.45, 7) is 5.91. The number of hydrogen-bond donors (Lipinski definition) is 3. The Hall–Kier alpha value is -2.31. The molecule has 1 saturated heterocycles. The van der Waals surface area contributed by atoms with E-state index < -0.39 is 12.1 Å². The van der Waals surface area contributed by atoms with Crippen LogP contribution in [-0.2, 0) is 4.79 Å². The van der Waals surface area contributed by atoms with E-state index >= 15 is 0 Å². The van der Waals surface area contributed by atoms with E-state index in [1.807, 2.05) is 26.0 Å². The van der Waals surface area contributed by atoms with Gasteiger partial charge >= 0.3 is 6.03 Å². The van der Waals surface area contributed by atoms with Crippen LogP contribution < -0.4 is 21.3 Å². The van der Waals surface area contributed by atoms with Crippen LogP contribution in [0.15, 0.2) is 18.3 Å². The highest BCUT2D eigenvalue weighted by atomic mass is 16.2. The van der Waals surface area contributed by atoms with Gasteiger partial charge in [0.2, 0.25) is 5.91 Å². The number of primary amides is 1. The number of nitrogens with one attached hydrogen (secondary N) is 2. The third-order valence-corrected chi connectivity index (χ3v) is 4.49. The van der Waals surface area contributed by atoms with Gasteiger partial charge in [-0.15, -0.1) is 0 Å². The van der Waals surface area contributed by atoms with Crippen molar-refractivity contribution in [3.8, 4) is 0 Å². The van der Waals surface area contributed by atoms with Crippen molar-refractivity contribution >= 4 is 23.4 Å². The first kappa shape index (κ1) is 18.0. The van der Waals surface area contributed by atoms with E-state index in [1.54, 1.807) is 6.20 Å². The zero-order valence-electron chi connectivity index (χ0n) is 14.4. The van der Waals surface area contributed by atoms with E-state index in [1.165, 1.54) is 19.3 Å². The van der Waals surface area contributed by atoms with E-state index in [0.717, 1.165) is 25.3 Å². The molecular weight excluding hydrogens is 306 g/mol. The summed E-state index contributed by atoms with van der Waals surface area (Å²) in [7, 11) is 0. The maximum Gasteiger partial charge on any atom is 0.312 e. The molecule has 0 bridgehead atoms. The summed E-state index contributed by atoms with van der Waals surface area (Å²) in [6.07, 6.45) is 6.06. The molecular formula is C17H27N5O2. The van der Waals surface area contributed by atoms with E-state index in [-0.39, 0.29) is 11.8 Å². The lowest BCUT2D eigenvalue weighted by Gasteiger charge is -2.27. The highest BCUT2D eigenvalue weighted by Gasteiger charge is 2.25. The molecule has 1 fully saturated rings. The van der Waals surface area contributed by atoms with E-state index in [0.29, 0.717) is 5.69 Å². The average Bonchev–Trinajstić information content (AvgIpc) is 2.60. The standard InChI is InChI=1S/C17H27N5O2/c1-3-12(2)15(21-17(18)24)16(23)20-13-7-8-14(19-11-13)22-9-5-4-6-10-22/h7-8,11-12,15H,3-6,9-10H2,1-2H3,(H,20,23)(H3,18,21,24)/t12-,15-/m1/s1. The predicted octanol–water partition coefficient (Wildman–Crippen LogP) is 2.09. The number of piperidine rings is 1. The second kappa shape index (κ2) is 8.52. The summed E-state index contributed by atoms with van der Waals surface area (Å²) >= 11 is 0. The van der Waals surface area contributed by atoms with E-state index in [2.05, 4.69) is 20.5 Å². The number of hydrogen-bond acceptors (Lipinski definition) is 4. The zero-order valence-corrected chi connectivity index (χ0v) is 14.4. The third kappa shape index (κ3) is 4.84. The number of carbonyl (C=O) groups is 2. The lowest BCUT2D eigenvalue weighted by molar-refractivity contribution is -0.119. The van der Waals surface area contributed by atoms with Gasteiger partial charge < -0.3 is 21.3 Å². The number of carbonyl (C=O) groups excluding carboxylic acids is 2.